The fourth-order valence-electron chi connectivity index (χ4n) is 2.06. The first-order valence-electron chi connectivity index (χ1n) is 7.55. The molecule has 1 aromatic heterocycles. The number of rotatable bonds is 7. The molecule has 1 heterocycles. The molecule has 0 radical (unpaired) electrons. The van der Waals surface area contributed by atoms with Crippen LogP contribution in [0.5, 0.6) is 5.75 Å². The molecule has 0 aliphatic heterocycles. The van der Waals surface area contributed by atoms with Crippen molar-refractivity contribution in [3.8, 4) is 5.75 Å². The van der Waals surface area contributed by atoms with Gasteiger partial charge >= 0.3 is 0 Å². The Labute approximate surface area is 126 Å². The number of carbonyl (C=O) groups excluding carboxylic acids is 1. The third-order valence-electron chi connectivity index (χ3n) is 3.59. The molecule has 0 spiro atoms. The summed E-state index contributed by atoms with van der Waals surface area (Å²) < 4.78 is 5.69. The third kappa shape index (κ3) is 4.70. The monoisotopic (exact) mass is 291 g/mol. The molecular formula is C16H25N3O2. The Kier molecular flexibility index (Phi) is 5.17. The van der Waals surface area contributed by atoms with E-state index in [1.807, 2.05) is 26.1 Å². The smallest absolute Gasteiger partial charge is 0.260 e. The molecule has 0 unspecified atom stereocenters. The van der Waals surface area contributed by atoms with Crippen LogP contribution in [0, 0.1) is 6.92 Å². The van der Waals surface area contributed by atoms with Crippen LogP contribution in [0.4, 0.5) is 0 Å². The van der Waals surface area contributed by atoms with Crippen LogP contribution in [0.2, 0.25) is 0 Å². The van der Waals surface area contributed by atoms with Gasteiger partial charge < -0.3 is 15.0 Å². The van der Waals surface area contributed by atoms with Gasteiger partial charge in [0.2, 0.25) is 0 Å². The fraction of sp³-hybridized carbons (Fsp3) is 0.625. The highest BCUT2D eigenvalue weighted by Crippen LogP contribution is 2.25. The average Bonchev–Trinajstić information content (AvgIpc) is 3.27. The second-order valence-corrected chi connectivity index (χ2v) is 5.96. The van der Waals surface area contributed by atoms with Crippen molar-refractivity contribution in [1.29, 1.82) is 0 Å². The predicted octanol–water partition coefficient (Wildman–Crippen LogP) is 1.89. The van der Waals surface area contributed by atoms with Crippen molar-refractivity contribution < 1.29 is 9.53 Å². The quantitative estimate of drug-likeness (QED) is 0.833. The predicted molar refractivity (Wildman–Crippen MR) is 82.2 cm³/mol. The van der Waals surface area contributed by atoms with E-state index in [9.17, 15) is 4.79 Å². The number of carbonyl (C=O) groups is 1. The van der Waals surface area contributed by atoms with Crippen molar-refractivity contribution in [3.63, 3.8) is 0 Å². The molecule has 21 heavy (non-hydrogen) atoms. The van der Waals surface area contributed by atoms with Gasteiger partial charge in [0.25, 0.3) is 5.91 Å². The molecule has 1 aliphatic carbocycles. The van der Waals surface area contributed by atoms with Gasteiger partial charge in [-0.3, -0.25) is 9.78 Å². The number of aryl methyl sites for hydroxylation is 1. The summed E-state index contributed by atoms with van der Waals surface area (Å²) in [5.74, 6) is 0.715. The molecule has 0 bridgehead atoms. The molecule has 2 rings (SSSR count). The second kappa shape index (κ2) is 6.89. The number of amides is 1. The highest BCUT2D eigenvalue weighted by Gasteiger charge is 2.29. The number of hydrogen-bond acceptors (Lipinski definition) is 4. The first-order valence-corrected chi connectivity index (χ1v) is 7.55. The number of pyridine rings is 1. The Bertz CT molecular complexity index is 498. The largest absolute Gasteiger partial charge is 0.482 e. The van der Waals surface area contributed by atoms with Gasteiger partial charge in [-0.15, -0.1) is 0 Å². The van der Waals surface area contributed by atoms with E-state index in [1.54, 1.807) is 4.90 Å². The van der Waals surface area contributed by atoms with Crippen LogP contribution in [-0.4, -0.2) is 41.5 Å². The SMILES string of the molecule is Cc1ccc(OCC(=O)N(C)C2CC2)c(CNC(C)C)n1. The molecule has 5 nitrogen and oxygen atoms in total. The van der Waals surface area contributed by atoms with Crippen molar-refractivity contribution in [2.45, 2.75) is 52.2 Å². The lowest BCUT2D eigenvalue weighted by Gasteiger charge is -2.18. The lowest BCUT2D eigenvalue weighted by Crippen LogP contribution is -2.33. The van der Waals surface area contributed by atoms with Gasteiger partial charge in [-0.2, -0.15) is 0 Å². The van der Waals surface area contributed by atoms with E-state index in [2.05, 4.69) is 24.1 Å². The van der Waals surface area contributed by atoms with Gasteiger partial charge in [0.05, 0.1) is 5.69 Å². The normalized spacial score (nSPS) is 14.3. The molecule has 1 saturated carbocycles. The minimum absolute atomic E-state index is 0.0286. The molecule has 0 saturated heterocycles. The molecule has 1 amide bonds. The number of likely N-dealkylation sites (N-methyl/N-ethyl adjacent to an activating group) is 1. The van der Waals surface area contributed by atoms with E-state index >= 15 is 0 Å². The molecule has 5 heteroatoms. The summed E-state index contributed by atoms with van der Waals surface area (Å²) in [6, 6.07) is 4.59. The Morgan fingerprint density at radius 2 is 2.19 bits per heavy atom. The van der Waals surface area contributed by atoms with Crippen LogP contribution < -0.4 is 10.1 Å². The summed E-state index contributed by atoms with van der Waals surface area (Å²) >= 11 is 0. The zero-order chi connectivity index (χ0) is 15.4. The molecular weight excluding hydrogens is 266 g/mol. The van der Waals surface area contributed by atoms with Crippen molar-refractivity contribution in [3.05, 3.63) is 23.5 Å². The first-order chi connectivity index (χ1) is 9.97. The van der Waals surface area contributed by atoms with Gasteiger partial charge in [0.1, 0.15) is 5.75 Å². The Balaban J connectivity index is 1.96. The summed E-state index contributed by atoms with van der Waals surface area (Å²) in [5, 5.41) is 3.33. The van der Waals surface area contributed by atoms with Crippen molar-refractivity contribution >= 4 is 5.91 Å². The highest BCUT2D eigenvalue weighted by molar-refractivity contribution is 5.78. The maximum absolute atomic E-state index is 12.0. The summed E-state index contributed by atoms with van der Waals surface area (Å²) in [7, 11) is 1.85. The molecule has 1 aliphatic rings. The van der Waals surface area contributed by atoms with Crippen LogP contribution in [0.3, 0.4) is 0 Å². The molecule has 116 valence electrons. The standard InChI is InChI=1S/C16H25N3O2/c1-11(2)17-9-14-15(8-5-12(3)18-14)21-10-16(20)19(4)13-6-7-13/h5,8,11,13,17H,6-7,9-10H2,1-4H3. The number of nitrogens with zero attached hydrogens (tertiary/aromatic N) is 2. The Hall–Kier alpha value is -1.62. The summed E-state index contributed by atoms with van der Waals surface area (Å²) in [6.45, 7) is 6.84. The van der Waals surface area contributed by atoms with E-state index in [0.717, 1.165) is 24.2 Å². The van der Waals surface area contributed by atoms with Crippen LogP contribution in [0.15, 0.2) is 12.1 Å². The lowest BCUT2D eigenvalue weighted by atomic mass is 10.2. The topological polar surface area (TPSA) is 54.5 Å². The maximum atomic E-state index is 12.0. The molecule has 0 atom stereocenters. The van der Waals surface area contributed by atoms with E-state index < -0.39 is 0 Å². The van der Waals surface area contributed by atoms with Gasteiger partial charge in [-0.25, -0.2) is 0 Å². The Morgan fingerprint density at radius 3 is 2.81 bits per heavy atom. The minimum atomic E-state index is 0.0286. The summed E-state index contributed by atoms with van der Waals surface area (Å²) in [6.07, 6.45) is 2.22. The van der Waals surface area contributed by atoms with Crippen LogP contribution in [0.1, 0.15) is 38.1 Å². The second-order valence-electron chi connectivity index (χ2n) is 5.96. The zero-order valence-corrected chi connectivity index (χ0v) is 13.3. The minimum Gasteiger partial charge on any atom is -0.482 e. The van der Waals surface area contributed by atoms with Crippen LogP contribution in [-0.2, 0) is 11.3 Å². The summed E-state index contributed by atoms with van der Waals surface area (Å²) in [5.41, 5.74) is 1.80. The van der Waals surface area contributed by atoms with Crippen molar-refractivity contribution in [1.82, 2.24) is 15.2 Å². The number of hydrogen-bond donors (Lipinski definition) is 1. The van der Waals surface area contributed by atoms with Gasteiger partial charge in [0, 0.05) is 31.4 Å². The van der Waals surface area contributed by atoms with Crippen molar-refractivity contribution in [2.75, 3.05) is 13.7 Å². The summed E-state index contributed by atoms with van der Waals surface area (Å²) in [4.78, 5) is 18.3. The first kappa shape index (κ1) is 15.8. The van der Waals surface area contributed by atoms with E-state index in [0.29, 0.717) is 24.4 Å². The van der Waals surface area contributed by atoms with Gasteiger partial charge in [-0.05, 0) is 31.9 Å². The number of ether oxygens (including phenoxy) is 1. The maximum Gasteiger partial charge on any atom is 0.260 e. The van der Waals surface area contributed by atoms with E-state index in [4.69, 9.17) is 4.74 Å². The van der Waals surface area contributed by atoms with Crippen LogP contribution >= 0.6 is 0 Å². The van der Waals surface area contributed by atoms with E-state index in [1.165, 1.54) is 0 Å². The number of aromatic nitrogens is 1. The number of nitrogens with one attached hydrogen (secondary N) is 1. The van der Waals surface area contributed by atoms with Crippen molar-refractivity contribution in [2.24, 2.45) is 0 Å². The molecule has 1 aromatic rings. The fourth-order valence-corrected chi connectivity index (χ4v) is 2.06. The molecule has 0 aromatic carbocycles. The average molecular weight is 291 g/mol. The lowest BCUT2D eigenvalue weighted by molar-refractivity contribution is -0.132. The molecule has 1 fully saturated rings. The third-order valence-corrected chi connectivity index (χ3v) is 3.59. The van der Waals surface area contributed by atoms with Gasteiger partial charge in [-0.1, -0.05) is 13.8 Å². The Morgan fingerprint density at radius 1 is 1.48 bits per heavy atom. The molecule has 1 N–H and O–H groups in total. The van der Waals surface area contributed by atoms with Crippen LogP contribution in [0.25, 0.3) is 0 Å². The zero-order valence-electron chi connectivity index (χ0n) is 13.3. The highest BCUT2D eigenvalue weighted by atomic mass is 16.5. The van der Waals surface area contributed by atoms with Gasteiger partial charge in [0.15, 0.2) is 6.61 Å². The van der Waals surface area contributed by atoms with E-state index in [-0.39, 0.29) is 12.5 Å².